The molecule has 7 nitrogen and oxygen atoms in total. The lowest BCUT2D eigenvalue weighted by Crippen LogP contribution is -2.19. The average molecular weight is 586 g/mol. The van der Waals surface area contributed by atoms with Crippen molar-refractivity contribution in [3.63, 3.8) is 0 Å². The molecule has 1 amide bonds. The number of nitrogens with zero attached hydrogens (tertiary/aromatic N) is 2. The van der Waals surface area contributed by atoms with E-state index >= 15 is 0 Å². The number of amides is 1. The number of anilines is 4. The lowest BCUT2D eigenvalue weighted by Gasteiger charge is -2.12. The standard InChI is InChI=1S/C16H11Cl2N5OS2.C6H5Cl2N/c17-9-1-6-12(18)13(7-9)21-16(25)20-11-4-2-10(3-5-11)19-15(24)14-8-26-23-22-14;7-4-1-2-5(8)6(9)3-4/h1-8H,(H,19,24)(H2,20,21,25);1-3H,9H2. The van der Waals surface area contributed by atoms with Crippen molar-refractivity contribution in [1.82, 2.24) is 9.59 Å². The highest BCUT2D eigenvalue weighted by Crippen LogP contribution is 2.26. The topological polar surface area (TPSA) is 105 Å². The Kier molecular flexibility index (Phi) is 9.91. The molecule has 13 heteroatoms. The van der Waals surface area contributed by atoms with Crippen LogP contribution in [0.4, 0.5) is 22.7 Å². The summed E-state index contributed by atoms with van der Waals surface area (Å²) < 4.78 is 3.66. The van der Waals surface area contributed by atoms with Crippen LogP contribution in [-0.2, 0) is 0 Å². The zero-order valence-corrected chi connectivity index (χ0v) is 22.2. The van der Waals surface area contributed by atoms with Crippen molar-refractivity contribution in [1.29, 1.82) is 0 Å². The molecule has 0 aliphatic carbocycles. The molecule has 0 unspecified atom stereocenters. The Balaban J connectivity index is 0.000000320. The van der Waals surface area contributed by atoms with Gasteiger partial charge in [-0.05, 0) is 84.4 Å². The Labute approximate surface area is 230 Å². The van der Waals surface area contributed by atoms with Crippen molar-refractivity contribution in [3.05, 3.63) is 91.8 Å². The largest absolute Gasteiger partial charge is 0.397 e. The minimum atomic E-state index is -0.313. The van der Waals surface area contributed by atoms with Gasteiger partial charge in [-0.3, -0.25) is 4.79 Å². The van der Waals surface area contributed by atoms with Gasteiger partial charge in [0, 0.05) is 26.8 Å². The Morgan fingerprint density at radius 3 is 2.00 bits per heavy atom. The predicted octanol–water partition coefficient (Wildman–Crippen LogP) is 7.48. The number of carbonyl (C=O) groups is 1. The lowest BCUT2D eigenvalue weighted by molar-refractivity contribution is 0.102. The monoisotopic (exact) mass is 584 g/mol. The molecule has 1 heterocycles. The first kappa shape index (κ1) is 26.9. The number of nitrogens with one attached hydrogen (secondary N) is 3. The van der Waals surface area contributed by atoms with Gasteiger partial charge in [-0.15, -0.1) is 5.10 Å². The van der Waals surface area contributed by atoms with Crippen LogP contribution in [0.15, 0.2) is 66.0 Å². The van der Waals surface area contributed by atoms with Crippen molar-refractivity contribution >= 4 is 104 Å². The average Bonchev–Trinajstić information content (AvgIpc) is 3.36. The summed E-state index contributed by atoms with van der Waals surface area (Å²) in [5, 5.41) is 16.6. The van der Waals surface area contributed by atoms with Crippen LogP contribution in [-0.4, -0.2) is 20.6 Å². The van der Waals surface area contributed by atoms with Gasteiger partial charge in [0.05, 0.1) is 21.4 Å². The first-order chi connectivity index (χ1) is 16.7. The summed E-state index contributed by atoms with van der Waals surface area (Å²) in [6.07, 6.45) is 0. The van der Waals surface area contributed by atoms with Gasteiger partial charge in [0.1, 0.15) is 0 Å². The minimum Gasteiger partial charge on any atom is -0.397 e. The SMILES string of the molecule is Nc1cc(Cl)ccc1Cl.O=C(Nc1ccc(NC(=S)Nc2cc(Cl)ccc2Cl)cc1)c1csnn1. The summed E-state index contributed by atoms with van der Waals surface area (Å²) in [6, 6.07) is 17.1. The van der Waals surface area contributed by atoms with E-state index in [4.69, 9.17) is 64.4 Å². The molecule has 0 spiro atoms. The zero-order valence-electron chi connectivity index (χ0n) is 17.6. The number of hydrogen-bond donors (Lipinski definition) is 4. The molecule has 4 aromatic rings. The summed E-state index contributed by atoms with van der Waals surface area (Å²) in [4.78, 5) is 11.9. The van der Waals surface area contributed by atoms with Gasteiger partial charge in [0.2, 0.25) is 0 Å². The highest BCUT2D eigenvalue weighted by atomic mass is 35.5. The number of nitrogens with two attached hydrogens (primary N) is 1. The third-order valence-electron chi connectivity index (χ3n) is 4.13. The molecule has 5 N–H and O–H groups in total. The molecule has 0 radical (unpaired) electrons. The summed E-state index contributed by atoms with van der Waals surface area (Å²) >= 11 is 29.6. The van der Waals surface area contributed by atoms with E-state index in [1.807, 2.05) is 0 Å². The quantitative estimate of drug-likeness (QED) is 0.145. The molecule has 0 bridgehead atoms. The predicted molar refractivity (Wildman–Crippen MR) is 151 cm³/mol. The number of rotatable bonds is 4. The Hall–Kier alpha value is -2.66. The summed E-state index contributed by atoms with van der Waals surface area (Å²) in [7, 11) is 0. The second-order valence-electron chi connectivity index (χ2n) is 6.69. The van der Waals surface area contributed by atoms with E-state index in [0.717, 1.165) is 17.2 Å². The fourth-order valence-corrected chi connectivity index (χ4v) is 3.79. The number of halogens is 4. The molecule has 0 aliphatic rings. The van der Waals surface area contributed by atoms with Gasteiger partial charge < -0.3 is 21.7 Å². The van der Waals surface area contributed by atoms with Crippen LogP contribution >= 0.6 is 70.2 Å². The molecular weight excluding hydrogens is 570 g/mol. The lowest BCUT2D eigenvalue weighted by atomic mass is 10.2. The highest BCUT2D eigenvalue weighted by molar-refractivity contribution is 7.80. The normalized spacial score (nSPS) is 10.1. The molecule has 0 atom stereocenters. The van der Waals surface area contributed by atoms with Gasteiger partial charge in [-0.2, -0.15) is 0 Å². The molecule has 0 saturated heterocycles. The summed E-state index contributed by atoms with van der Waals surface area (Å²) in [6.45, 7) is 0. The molecule has 1 aromatic heterocycles. The molecule has 3 aromatic carbocycles. The van der Waals surface area contributed by atoms with Crippen LogP contribution in [0.1, 0.15) is 10.5 Å². The molecule has 35 heavy (non-hydrogen) atoms. The summed E-state index contributed by atoms with van der Waals surface area (Å²) in [5.41, 5.74) is 8.18. The van der Waals surface area contributed by atoms with Crippen LogP contribution in [0.2, 0.25) is 20.1 Å². The van der Waals surface area contributed by atoms with Crippen molar-refractivity contribution in [3.8, 4) is 0 Å². The van der Waals surface area contributed by atoms with Crippen LogP contribution < -0.4 is 21.7 Å². The van der Waals surface area contributed by atoms with Gasteiger partial charge in [-0.1, -0.05) is 50.9 Å². The Morgan fingerprint density at radius 1 is 0.829 bits per heavy atom. The molecule has 0 saturated carbocycles. The third-order valence-corrected chi connectivity index (χ3v) is 5.98. The van der Waals surface area contributed by atoms with E-state index in [9.17, 15) is 4.79 Å². The van der Waals surface area contributed by atoms with Crippen molar-refractivity contribution in [2.45, 2.75) is 0 Å². The second kappa shape index (κ2) is 12.9. The van der Waals surface area contributed by atoms with E-state index in [1.165, 1.54) is 0 Å². The number of benzene rings is 3. The van der Waals surface area contributed by atoms with Crippen molar-refractivity contribution < 1.29 is 4.79 Å². The maximum Gasteiger partial charge on any atom is 0.277 e. The highest BCUT2D eigenvalue weighted by Gasteiger charge is 2.09. The van der Waals surface area contributed by atoms with Gasteiger partial charge in [-0.25, -0.2) is 0 Å². The number of nitrogen functional groups attached to an aromatic ring is 1. The minimum absolute atomic E-state index is 0.279. The van der Waals surface area contributed by atoms with Crippen molar-refractivity contribution in [2.75, 3.05) is 21.7 Å². The van der Waals surface area contributed by atoms with Crippen molar-refractivity contribution in [2.24, 2.45) is 0 Å². The molecule has 180 valence electrons. The van der Waals surface area contributed by atoms with Crippen LogP contribution in [0.25, 0.3) is 0 Å². The number of thiocarbonyl (C=S) groups is 1. The van der Waals surface area contributed by atoms with Crippen LogP contribution in [0, 0.1) is 0 Å². The van der Waals surface area contributed by atoms with Crippen LogP contribution in [0.5, 0.6) is 0 Å². The Morgan fingerprint density at radius 2 is 1.43 bits per heavy atom. The molecule has 0 fully saturated rings. The number of aromatic nitrogens is 2. The van der Waals surface area contributed by atoms with Gasteiger partial charge >= 0.3 is 0 Å². The number of carbonyl (C=O) groups excluding carboxylic acids is 1. The Bertz CT molecular complexity index is 1320. The van der Waals surface area contributed by atoms with E-state index in [0.29, 0.717) is 42.3 Å². The first-order valence-corrected chi connectivity index (χ1v) is 12.4. The van der Waals surface area contributed by atoms with Gasteiger partial charge in [0.25, 0.3) is 5.91 Å². The van der Waals surface area contributed by atoms with E-state index in [2.05, 4.69) is 25.5 Å². The third kappa shape index (κ3) is 8.50. The fourth-order valence-electron chi connectivity index (χ4n) is 2.49. The van der Waals surface area contributed by atoms with E-state index in [1.54, 1.807) is 66.0 Å². The van der Waals surface area contributed by atoms with Crippen LogP contribution in [0.3, 0.4) is 0 Å². The smallest absolute Gasteiger partial charge is 0.277 e. The molecular formula is C22H16Cl4N6OS2. The molecule has 0 aliphatic heterocycles. The van der Waals surface area contributed by atoms with E-state index in [-0.39, 0.29) is 11.6 Å². The maximum absolute atomic E-state index is 11.9. The first-order valence-electron chi connectivity index (χ1n) is 9.63. The number of hydrogen-bond acceptors (Lipinski definition) is 6. The van der Waals surface area contributed by atoms with E-state index < -0.39 is 0 Å². The fraction of sp³-hybridized carbons (Fsp3) is 0. The van der Waals surface area contributed by atoms with Gasteiger partial charge in [0.15, 0.2) is 10.8 Å². The molecule has 4 rings (SSSR count). The zero-order chi connectivity index (χ0) is 25.4. The maximum atomic E-state index is 11.9. The summed E-state index contributed by atoms with van der Waals surface area (Å²) in [5.74, 6) is -0.313. The second-order valence-corrected chi connectivity index (χ2v) is 9.40.